The molecule has 0 saturated carbocycles. The number of halogens is 1. The quantitative estimate of drug-likeness (QED) is 0.444. The zero-order valence-corrected chi connectivity index (χ0v) is 13.8. The predicted octanol–water partition coefficient (Wildman–Crippen LogP) is 2.16. The summed E-state index contributed by atoms with van der Waals surface area (Å²) >= 11 is 0. The molecule has 5 nitrogen and oxygen atoms in total. The second-order valence-corrected chi connectivity index (χ2v) is 11.4. The van der Waals surface area contributed by atoms with Crippen LogP contribution in [0.15, 0.2) is 0 Å². The molecule has 0 amide bonds. The Balaban J connectivity index is 2.31. The molecule has 0 aromatic heterocycles. The summed E-state index contributed by atoms with van der Waals surface area (Å²) in [5.41, 5.74) is -0.469. The summed E-state index contributed by atoms with van der Waals surface area (Å²) in [6.07, 6.45) is 2.77. The van der Waals surface area contributed by atoms with Crippen LogP contribution in [0.4, 0.5) is 4.11 Å². The van der Waals surface area contributed by atoms with Crippen LogP contribution in [-0.2, 0) is 18.4 Å². The molecular formula is C13H23FNO4Si-. The van der Waals surface area contributed by atoms with E-state index in [0.29, 0.717) is 0 Å². The Kier molecular flexibility index (Phi) is 3.12. The first-order valence-corrected chi connectivity index (χ1v) is 9.89. The Morgan fingerprint density at radius 1 is 1.10 bits per heavy atom. The minimum atomic E-state index is -5.01. The van der Waals surface area contributed by atoms with Crippen molar-refractivity contribution >= 4 is 20.1 Å². The Hall–Kier alpha value is -0.953. The SMILES string of the molecule is CC1(C)CCCC(C)(C)N1C[Si-]1(C)(F)OC(=O)C(=O)O1. The van der Waals surface area contributed by atoms with Gasteiger partial charge in [-0.15, -0.1) is 0 Å². The number of nitrogens with zero attached hydrogens (tertiary/aromatic N) is 1. The van der Waals surface area contributed by atoms with E-state index in [2.05, 4.69) is 0 Å². The molecule has 0 N–H and O–H groups in total. The molecule has 0 bridgehead atoms. The van der Waals surface area contributed by atoms with Crippen molar-refractivity contribution in [2.45, 2.75) is 64.6 Å². The first-order valence-electron chi connectivity index (χ1n) is 6.99. The van der Waals surface area contributed by atoms with Crippen molar-refractivity contribution in [3.63, 3.8) is 0 Å². The third-order valence-electron chi connectivity index (χ3n) is 4.40. The van der Waals surface area contributed by atoms with Gasteiger partial charge in [0, 0.05) is 0 Å². The van der Waals surface area contributed by atoms with E-state index in [0.717, 1.165) is 25.8 Å². The van der Waals surface area contributed by atoms with Crippen molar-refractivity contribution in [3.05, 3.63) is 0 Å². The molecule has 2 rings (SSSR count). The third-order valence-corrected chi connectivity index (χ3v) is 6.80. The average molecular weight is 304 g/mol. The number of carbonyl (C=O) groups is 2. The number of hydrogen-bond donors (Lipinski definition) is 0. The first-order chi connectivity index (χ1) is 8.84. The summed E-state index contributed by atoms with van der Waals surface area (Å²) < 4.78 is 24.7. The van der Waals surface area contributed by atoms with E-state index in [1.54, 1.807) is 0 Å². The van der Waals surface area contributed by atoms with Gasteiger partial charge >= 0.3 is 118 Å². The number of hydrogen-bond acceptors (Lipinski definition) is 5. The second-order valence-electron chi connectivity index (χ2n) is 7.45. The zero-order valence-electron chi connectivity index (χ0n) is 12.8. The summed E-state index contributed by atoms with van der Waals surface area (Å²) in [6, 6.07) is 0. The number of likely N-dealkylation sites (tertiary alicyclic amines) is 1. The molecule has 0 aromatic rings. The van der Waals surface area contributed by atoms with Crippen LogP contribution in [0.2, 0.25) is 6.55 Å². The Morgan fingerprint density at radius 2 is 1.50 bits per heavy atom. The van der Waals surface area contributed by atoms with E-state index in [4.69, 9.17) is 8.85 Å². The van der Waals surface area contributed by atoms with Gasteiger partial charge in [0.25, 0.3) is 0 Å². The summed E-state index contributed by atoms with van der Waals surface area (Å²) in [7, 11) is -5.01. The maximum absolute atomic E-state index is 15.2. The average Bonchev–Trinajstić information content (AvgIpc) is 2.43. The molecule has 20 heavy (non-hydrogen) atoms. The molecule has 2 aliphatic rings. The fourth-order valence-corrected chi connectivity index (χ4v) is 6.26. The van der Waals surface area contributed by atoms with E-state index in [-0.39, 0.29) is 17.2 Å². The van der Waals surface area contributed by atoms with Crippen molar-refractivity contribution in [1.29, 1.82) is 0 Å². The van der Waals surface area contributed by atoms with Gasteiger partial charge in [-0.2, -0.15) is 0 Å². The van der Waals surface area contributed by atoms with Gasteiger partial charge in [0.1, 0.15) is 0 Å². The van der Waals surface area contributed by atoms with Crippen LogP contribution in [0, 0.1) is 0 Å². The summed E-state index contributed by atoms with van der Waals surface area (Å²) in [6.45, 7) is 9.31. The summed E-state index contributed by atoms with van der Waals surface area (Å²) in [4.78, 5) is 24.5. The molecule has 2 heterocycles. The van der Waals surface area contributed by atoms with Gasteiger partial charge in [0.05, 0.1) is 0 Å². The molecular weight excluding hydrogens is 281 g/mol. The number of piperidine rings is 1. The van der Waals surface area contributed by atoms with Crippen LogP contribution in [0.25, 0.3) is 0 Å². The van der Waals surface area contributed by atoms with Crippen LogP contribution in [0.3, 0.4) is 0 Å². The Morgan fingerprint density at radius 3 is 1.90 bits per heavy atom. The molecule has 0 radical (unpaired) electrons. The second kappa shape index (κ2) is 4.04. The molecule has 0 aliphatic carbocycles. The molecule has 2 aliphatic heterocycles. The normalized spacial score (nSPS) is 32.8. The van der Waals surface area contributed by atoms with Gasteiger partial charge < -0.3 is 0 Å². The van der Waals surface area contributed by atoms with Gasteiger partial charge in [-0.25, -0.2) is 0 Å². The molecule has 0 aromatic carbocycles. The molecule has 7 heteroatoms. The predicted molar refractivity (Wildman–Crippen MR) is 73.6 cm³/mol. The summed E-state index contributed by atoms with van der Waals surface area (Å²) in [5, 5.41) is 0. The van der Waals surface area contributed by atoms with Crippen LogP contribution in [0.5, 0.6) is 0 Å². The number of rotatable bonds is 2. The van der Waals surface area contributed by atoms with E-state index >= 15 is 4.11 Å². The van der Waals surface area contributed by atoms with Crippen LogP contribution >= 0.6 is 0 Å². The van der Waals surface area contributed by atoms with Crippen molar-refractivity contribution in [2.24, 2.45) is 0 Å². The van der Waals surface area contributed by atoms with Gasteiger partial charge in [-0.3, -0.25) is 0 Å². The molecule has 0 unspecified atom stereocenters. The van der Waals surface area contributed by atoms with Crippen molar-refractivity contribution in [1.82, 2.24) is 4.90 Å². The zero-order chi connectivity index (χ0) is 15.4. The Labute approximate surface area is 119 Å². The van der Waals surface area contributed by atoms with Crippen molar-refractivity contribution in [2.75, 3.05) is 6.17 Å². The standard InChI is InChI=1S/C13H23FNO4Si/c1-12(2)7-6-8-13(3,4)15(12)9-20(5,14)18-10(16)11(17)19-20/h6-9H2,1-5H3/q-1. The monoisotopic (exact) mass is 304 g/mol. The van der Waals surface area contributed by atoms with E-state index in [1.807, 2.05) is 32.6 Å². The van der Waals surface area contributed by atoms with Crippen LogP contribution < -0.4 is 0 Å². The molecule has 0 atom stereocenters. The van der Waals surface area contributed by atoms with Gasteiger partial charge in [-0.05, 0) is 0 Å². The van der Waals surface area contributed by atoms with E-state index in [1.165, 1.54) is 0 Å². The minimum absolute atomic E-state index is 0.141. The molecule has 116 valence electrons. The van der Waals surface area contributed by atoms with Gasteiger partial charge in [-0.1, -0.05) is 0 Å². The molecule has 2 fully saturated rings. The molecule has 2 saturated heterocycles. The van der Waals surface area contributed by atoms with Crippen LogP contribution in [-0.4, -0.2) is 42.3 Å². The maximum atomic E-state index is 15.2. The van der Waals surface area contributed by atoms with Gasteiger partial charge in [0.2, 0.25) is 0 Å². The van der Waals surface area contributed by atoms with Gasteiger partial charge in [0.15, 0.2) is 0 Å². The van der Waals surface area contributed by atoms with E-state index < -0.39 is 20.1 Å². The fraction of sp³-hybridized carbons (Fsp3) is 0.846. The molecule has 0 spiro atoms. The van der Waals surface area contributed by atoms with Crippen LogP contribution in [0.1, 0.15) is 47.0 Å². The number of carbonyl (C=O) groups excluding carboxylic acids is 2. The Bertz CT molecular complexity index is 439. The fourth-order valence-electron chi connectivity index (χ4n) is 3.45. The van der Waals surface area contributed by atoms with Crippen molar-refractivity contribution in [3.8, 4) is 0 Å². The third kappa shape index (κ3) is 2.61. The van der Waals surface area contributed by atoms with E-state index in [9.17, 15) is 9.59 Å². The van der Waals surface area contributed by atoms with Crippen molar-refractivity contribution < 1.29 is 22.5 Å². The topological polar surface area (TPSA) is 55.8 Å². The summed E-state index contributed by atoms with van der Waals surface area (Å²) in [5.74, 6) is -2.42. The first kappa shape index (κ1) is 15.4.